The zero-order chi connectivity index (χ0) is 23.4. The molecule has 7 atom stereocenters. The summed E-state index contributed by atoms with van der Waals surface area (Å²) in [5.74, 6) is 4.20. The van der Waals surface area contributed by atoms with Crippen molar-refractivity contribution >= 4 is 6.47 Å². The molecule has 2 saturated carbocycles. The highest BCUT2D eigenvalue weighted by Gasteiger charge is 2.49. The third-order valence-corrected chi connectivity index (χ3v) is 10.6. The lowest BCUT2D eigenvalue weighted by Gasteiger charge is -2.49. The molecule has 0 unspecified atom stereocenters. The second kappa shape index (κ2) is 11.1. The fraction of sp³-hybridized carbons (Fsp3) is 0.900. The molecule has 0 aromatic carbocycles. The van der Waals surface area contributed by atoms with Crippen molar-refractivity contribution in [3.63, 3.8) is 0 Å². The summed E-state index contributed by atoms with van der Waals surface area (Å²) in [6, 6.07) is 0. The molecular formula is C30H52O2. The van der Waals surface area contributed by atoms with Gasteiger partial charge in [-0.1, -0.05) is 72.5 Å². The van der Waals surface area contributed by atoms with Crippen LogP contribution in [0.25, 0.3) is 0 Å². The minimum atomic E-state index is 0.0985. The Labute approximate surface area is 199 Å². The second-order valence-corrected chi connectivity index (χ2v) is 12.5. The van der Waals surface area contributed by atoms with E-state index in [9.17, 15) is 4.79 Å². The van der Waals surface area contributed by atoms with E-state index >= 15 is 0 Å². The first-order chi connectivity index (χ1) is 15.3. The van der Waals surface area contributed by atoms with Crippen LogP contribution in [0, 0.1) is 40.4 Å². The van der Waals surface area contributed by atoms with E-state index in [0.717, 1.165) is 36.5 Å². The van der Waals surface area contributed by atoms with Crippen molar-refractivity contribution in [2.45, 2.75) is 131 Å². The van der Waals surface area contributed by atoms with Crippen LogP contribution in [0.3, 0.4) is 0 Å². The van der Waals surface area contributed by atoms with Crippen LogP contribution in [-0.4, -0.2) is 12.6 Å². The van der Waals surface area contributed by atoms with E-state index in [1.807, 2.05) is 0 Å². The van der Waals surface area contributed by atoms with Gasteiger partial charge in [0.25, 0.3) is 6.47 Å². The highest BCUT2D eigenvalue weighted by atomic mass is 16.5. The summed E-state index contributed by atoms with van der Waals surface area (Å²) in [7, 11) is 0. The van der Waals surface area contributed by atoms with E-state index < -0.39 is 0 Å². The molecule has 2 nitrogen and oxygen atoms in total. The summed E-state index contributed by atoms with van der Waals surface area (Å²) >= 11 is 0. The van der Waals surface area contributed by atoms with Gasteiger partial charge in [-0.2, -0.15) is 0 Å². The third kappa shape index (κ3) is 5.30. The van der Waals surface area contributed by atoms with Crippen molar-refractivity contribution in [3.8, 4) is 0 Å². The Morgan fingerprint density at radius 2 is 1.88 bits per heavy atom. The van der Waals surface area contributed by atoms with Crippen LogP contribution >= 0.6 is 0 Å². The number of ether oxygens (including phenoxy) is 1. The molecule has 184 valence electrons. The number of rotatable bonds is 8. The monoisotopic (exact) mass is 444 g/mol. The fourth-order valence-electron chi connectivity index (χ4n) is 8.38. The molecule has 0 aromatic heterocycles. The Morgan fingerprint density at radius 3 is 2.56 bits per heavy atom. The molecule has 0 aliphatic heterocycles. The van der Waals surface area contributed by atoms with Crippen molar-refractivity contribution in [2.24, 2.45) is 40.4 Å². The Balaban J connectivity index is 1.78. The lowest BCUT2D eigenvalue weighted by Crippen LogP contribution is -2.40. The molecule has 0 heterocycles. The van der Waals surface area contributed by atoms with E-state index in [-0.39, 0.29) is 6.10 Å². The smallest absolute Gasteiger partial charge is 0.293 e. The third-order valence-electron chi connectivity index (χ3n) is 10.6. The summed E-state index contributed by atoms with van der Waals surface area (Å²) in [6.45, 7) is 15.6. The van der Waals surface area contributed by atoms with Gasteiger partial charge in [-0.15, -0.1) is 0 Å². The largest absolute Gasteiger partial charge is 0.464 e. The van der Waals surface area contributed by atoms with Crippen LogP contribution in [0.4, 0.5) is 0 Å². The first kappa shape index (κ1) is 25.8. The molecular weight excluding hydrogens is 392 g/mol. The van der Waals surface area contributed by atoms with Crippen LogP contribution < -0.4 is 0 Å². The van der Waals surface area contributed by atoms with Crippen molar-refractivity contribution in [1.29, 1.82) is 0 Å². The number of allylic oxidation sites excluding steroid dienone is 1. The summed E-state index contributed by atoms with van der Waals surface area (Å²) < 4.78 is 5.44. The van der Waals surface area contributed by atoms with Gasteiger partial charge in [-0.3, -0.25) is 4.79 Å². The number of carbonyl (C=O) groups is 1. The Bertz CT molecular complexity index is 637. The van der Waals surface area contributed by atoms with Gasteiger partial charge in [0.2, 0.25) is 0 Å². The van der Waals surface area contributed by atoms with Gasteiger partial charge in [-0.05, 0) is 98.2 Å². The van der Waals surface area contributed by atoms with E-state index in [1.165, 1.54) is 70.6 Å². The van der Waals surface area contributed by atoms with Crippen molar-refractivity contribution in [1.82, 2.24) is 0 Å². The fourth-order valence-corrected chi connectivity index (χ4v) is 8.38. The molecule has 3 rings (SSSR count). The zero-order valence-electron chi connectivity index (χ0n) is 22.1. The summed E-state index contributed by atoms with van der Waals surface area (Å²) in [6.07, 6.45) is 19.5. The number of hydrogen-bond acceptors (Lipinski definition) is 2. The van der Waals surface area contributed by atoms with Crippen molar-refractivity contribution in [2.75, 3.05) is 0 Å². The molecule has 0 aromatic rings. The summed E-state index contributed by atoms with van der Waals surface area (Å²) in [5, 5.41) is 0. The zero-order valence-corrected chi connectivity index (χ0v) is 22.1. The summed E-state index contributed by atoms with van der Waals surface area (Å²) in [5.41, 5.74) is 2.46. The standard InChI is InChI=1S/C30H52O2/c1-7-30-19-17-27(32-21-31)20-26(30)13-9-12-25-14-15-28(23(4)11-8-10-22(2)3)29(25,6)18-16-24(30)5/h13,21-25,27-28H,7-12,14-20H2,1-6H3/b26-13-/t23-,24-,25-,27+,28-,29+,30-/m1/s1. The van der Waals surface area contributed by atoms with Gasteiger partial charge in [0.1, 0.15) is 6.10 Å². The highest BCUT2D eigenvalue weighted by Crippen LogP contribution is 2.59. The lowest BCUT2D eigenvalue weighted by molar-refractivity contribution is -0.135. The summed E-state index contributed by atoms with van der Waals surface area (Å²) in [4.78, 5) is 11.0. The average Bonchev–Trinajstić information content (AvgIpc) is 3.08. The van der Waals surface area contributed by atoms with E-state index in [2.05, 4.69) is 47.6 Å². The topological polar surface area (TPSA) is 26.3 Å². The molecule has 0 bridgehead atoms. The number of fused-ring (bicyclic) bond motifs is 2. The van der Waals surface area contributed by atoms with Gasteiger partial charge in [0.15, 0.2) is 0 Å². The minimum Gasteiger partial charge on any atom is -0.464 e. The number of carbonyl (C=O) groups excluding carboxylic acids is 1. The van der Waals surface area contributed by atoms with Crippen molar-refractivity contribution < 1.29 is 9.53 Å². The maximum absolute atomic E-state index is 11.0. The maximum atomic E-state index is 11.0. The predicted octanol–water partition coefficient (Wildman–Crippen LogP) is 8.74. The van der Waals surface area contributed by atoms with Gasteiger partial charge in [-0.25, -0.2) is 0 Å². The van der Waals surface area contributed by atoms with Crippen LogP contribution in [0.1, 0.15) is 125 Å². The van der Waals surface area contributed by atoms with Gasteiger partial charge >= 0.3 is 0 Å². The van der Waals surface area contributed by atoms with E-state index in [4.69, 9.17) is 4.74 Å². The van der Waals surface area contributed by atoms with Crippen LogP contribution in [0.15, 0.2) is 11.6 Å². The molecule has 2 fully saturated rings. The SMILES string of the molecule is CC[C@]12CC[C@H](OC=O)C/C1=C/CC[C@@H]1CC[C@H]([C@H](C)CCCC(C)C)[C@@]1(C)CC[C@H]2C. The van der Waals surface area contributed by atoms with Crippen LogP contribution in [-0.2, 0) is 9.53 Å². The highest BCUT2D eigenvalue weighted by molar-refractivity contribution is 5.38. The van der Waals surface area contributed by atoms with Gasteiger partial charge in [0.05, 0.1) is 0 Å². The Kier molecular flexibility index (Phi) is 8.95. The number of hydrogen-bond donors (Lipinski definition) is 0. The van der Waals surface area contributed by atoms with Gasteiger partial charge < -0.3 is 4.74 Å². The lowest BCUT2D eigenvalue weighted by atomic mass is 9.57. The quantitative estimate of drug-likeness (QED) is 0.276. The molecule has 0 amide bonds. The molecule has 0 radical (unpaired) electrons. The van der Waals surface area contributed by atoms with Gasteiger partial charge in [0, 0.05) is 6.42 Å². The molecule has 0 N–H and O–H groups in total. The molecule has 3 aliphatic carbocycles. The van der Waals surface area contributed by atoms with E-state index in [0.29, 0.717) is 23.2 Å². The predicted molar refractivity (Wildman–Crippen MR) is 135 cm³/mol. The first-order valence-electron chi connectivity index (χ1n) is 14.1. The van der Waals surface area contributed by atoms with Crippen LogP contribution in [0.5, 0.6) is 0 Å². The molecule has 32 heavy (non-hydrogen) atoms. The minimum absolute atomic E-state index is 0.0985. The molecule has 2 heteroatoms. The average molecular weight is 445 g/mol. The molecule has 3 aliphatic rings. The maximum Gasteiger partial charge on any atom is 0.293 e. The van der Waals surface area contributed by atoms with Crippen LogP contribution in [0.2, 0.25) is 0 Å². The Hall–Kier alpha value is -0.790. The van der Waals surface area contributed by atoms with Crippen molar-refractivity contribution in [3.05, 3.63) is 11.6 Å². The normalized spacial score (nSPS) is 40.7. The van der Waals surface area contributed by atoms with E-state index in [1.54, 1.807) is 5.57 Å². The molecule has 0 saturated heterocycles. The molecule has 0 spiro atoms. The first-order valence-corrected chi connectivity index (χ1v) is 14.1. The second-order valence-electron chi connectivity index (χ2n) is 12.5. The Morgan fingerprint density at radius 1 is 1.09 bits per heavy atom.